The average molecular weight is 262 g/mol. The van der Waals surface area contributed by atoms with Gasteiger partial charge in [-0.05, 0) is 31.2 Å². The highest BCUT2D eigenvalue weighted by Gasteiger charge is 2.34. The van der Waals surface area contributed by atoms with Crippen LogP contribution in [0.4, 0.5) is 0 Å². The second-order valence-corrected chi connectivity index (χ2v) is 5.30. The van der Waals surface area contributed by atoms with Gasteiger partial charge in [0.05, 0.1) is 12.6 Å². The Morgan fingerprint density at radius 3 is 2.58 bits per heavy atom. The van der Waals surface area contributed by atoms with E-state index in [-0.39, 0.29) is 18.6 Å². The molecule has 1 amide bonds. The second-order valence-electron chi connectivity index (χ2n) is 5.30. The van der Waals surface area contributed by atoms with Crippen LogP contribution in [-0.4, -0.2) is 25.7 Å². The van der Waals surface area contributed by atoms with Crippen LogP contribution in [0.15, 0.2) is 24.3 Å². The molecule has 0 aliphatic heterocycles. The van der Waals surface area contributed by atoms with Crippen molar-refractivity contribution < 1.29 is 9.53 Å². The van der Waals surface area contributed by atoms with E-state index in [2.05, 4.69) is 36.5 Å². The Hall–Kier alpha value is -1.39. The number of benzene rings is 1. The Kier molecular flexibility index (Phi) is 4.56. The second kappa shape index (κ2) is 6.17. The van der Waals surface area contributed by atoms with E-state index in [9.17, 15) is 4.79 Å². The van der Waals surface area contributed by atoms with Crippen LogP contribution in [0.5, 0.6) is 0 Å². The molecule has 4 heteroatoms. The molecule has 0 heterocycles. The summed E-state index contributed by atoms with van der Waals surface area (Å²) < 4.78 is 4.92. The first kappa shape index (κ1) is 14.0. The van der Waals surface area contributed by atoms with Crippen molar-refractivity contribution in [1.82, 2.24) is 5.32 Å². The summed E-state index contributed by atoms with van der Waals surface area (Å²) in [6.07, 6.45) is 2.33. The third-order valence-corrected chi connectivity index (χ3v) is 3.51. The summed E-state index contributed by atoms with van der Waals surface area (Å²) in [6, 6.07) is 7.80. The zero-order valence-electron chi connectivity index (χ0n) is 11.6. The summed E-state index contributed by atoms with van der Waals surface area (Å²) in [5.41, 5.74) is 8.14. The fourth-order valence-electron chi connectivity index (χ4n) is 2.19. The van der Waals surface area contributed by atoms with Crippen molar-refractivity contribution in [3.8, 4) is 0 Å². The van der Waals surface area contributed by atoms with E-state index in [0.717, 1.165) is 5.56 Å². The number of carbonyl (C=O) groups excluding carboxylic acids is 1. The lowest BCUT2D eigenvalue weighted by Crippen LogP contribution is -2.45. The summed E-state index contributed by atoms with van der Waals surface area (Å²) in [6.45, 7) is 2.31. The van der Waals surface area contributed by atoms with E-state index in [1.165, 1.54) is 18.4 Å². The number of hydrogen-bond acceptors (Lipinski definition) is 3. The predicted molar refractivity (Wildman–Crippen MR) is 74.6 cm³/mol. The quantitative estimate of drug-likeness (QED) is 0.817. The summed E-state index contributed by atoms with van der Waals surface area (Å²) in [7, 11) is 1.55. The van der Waals surface area contributed by atoms with Crippen LogP contribution in [0.2, 0.25) is 0 Å². The molecule has 2 atom stereocenters. The molecule has 1 saturated carbocycles. The van der Waals surface area contributed by atoms with Gasteiger partial charge in [0.1, 0.15) is 6.04 Å². The first-order valence-corrected chi connectivity index (χ1v) is 6.73. The number of nitrogens with one attached hydrogen (secondary N) is 1. The number of hydrogen-bond donors (Lipinski definition) is 2. The molecule has 4 nitrogen and oxygen atoms in total. The monoisotopic (exact) mass is 262 g/mol. The molecule has 1 aliphatic carbocycles. The molecule has 1 aliphatic rings. The highest BCUT2D eigenvalue weighted by Crippen LogP contribution is 2.41. The molecule has 0 spiro atoms. The van der Waals surface area contributed by atoms with Crippen molar-refractivity contribution in [2.45, 2.75) is 31.8 Å². The lowest BCUT2D eigenvalue weighted by atomic mass is 10.0. The van der Waals surface area contributed by atoms with Gasteiger partial charge in [0, 0.05) is 7.11 Å². The van der Waals surface area contributed by atoms with Crippen molar-refractivity contribution in [1.29, 1.82) is 0 Å². The molecular weight excluding hydrogens is 240 g/mol. The van der Waals surface area contributed by atoms with Gasteiger partial charge < -0.3 is 15.8 Å². The van der Waals surface area contributed by atoms with Gasteiger partial charge in [0.15, 0.2) is 0 Å². The largest absolute Gasteiger partial charge is 0.383 e. The molecule has 19 heavy (non-hydrogen) atoms. The third-order valence-electron chi connectivity index (χ3n) is 3.51. The number of carbonyl (C=O) groups is 1. The molecule has 0 aromatic heterocycles. The van der Waals surface area contributed by atoms with Crippen LogP contribution in [0.25, 0.3) is 0 Å². The maximum Gasteiger partial charge on any atom is 0.239 e. The molecule has 3 N–H and O–H groups in total. The van der Waals surface area contributed by atoms with Crippen LogP contribution in [0.1, 0.15) is 30.0 Å². The van der Waals surface area contributed by atoms with Gasteiger partial charge >= 0.3 is 0 Å². The summed E-state index contributed by atoms with van der Waals surface area (Å²) in [5, 5.41) is 3.06. The SMILES string of the molecule is COCC(N)C(=O)NC(c1ccc(C)cc1)C1CC1. The van der Waals surface area contributed by atoms with E-state index in [1.54, 1.807) is 7.11 Å². The molecule has 2 rings (SSSR count). The standard InChI is InChI=1S/C15H22N2O2/c1-10-3-5-11(6-4-10)14(12-7-8-12)17-15(18)13(16)9-19-2/h3-6,12-14H,7-9,16H2,1-2H3,(H,17,18). The Bertz CT molecular complexity index is 426. The Morgan fingerprint density at radius 2 is 2.05 bits per heavy atom. The summed E-state index contributed by atoms with van der Waals surface area (Å²) in [4.78, 5) is 12.0. The minimum absolute atomic E-state index is 0.0796. The lowest BCUT2D eigenvalue weighted by molar-refractivity contribution is -0.124. The van der Waals surface area contributed by atoms with Crippen LogP contribution < -0.4 is 11.1 Å². The van der Waals surface area contributed by atoms with E-state index in [0.29, 0.717) is 5.92 Å². The fourth-order valence-corrected chi connectivity index (χ4v) is 2.19. The Balaban J connectivity index is 2.04. The molecule has 0 radical (unpaired) electrons. The smallest absolute Gasteiger partial charge is 0.239 e. The van der Waals surface area contributed by atoms with Crippen molar-refractivity contribution in [2.24, 2.45) is 11.7 Å². The fraction of sp³-hybridized carbons (Fsp3) is 0.533. The number of nitrogens with two attached hydrogens (primary N) is 1. The number of rotatable bonds is 6. The maximum absolute atomic E-state index is 12.0. The number of aryl methyl sites for hydroxylation is 1. The lowest BCUT2D eigenvalue weighted by Gasteiger charge is -2.21. The Labute approximate surface area is 114 Å². The van der Waals surface area contributed by atoms with Crippen LogP contribution in [0.3, 0.4) is 0 Å². The van der Waals surface area contributed by atoms with Crippen molar-refractivity contribution in [2.75, 3.05) is 13.7 Å². The first-order chi connectivity index (χ1) is 9.11. The average Bonchev–Trinajstić information content (AvgIpc) is 3.21. The zero-order valence-corrected chi connectivity index (χ0v) is 11.6. The van der Waals surface area contributed by atoms with Crippen LogP contribution >= 0.6 is 0 Å². The van der Waals surface area contributed by atoms with Crippen LogP contribution in [-0.2, 0) is 9.53 Å². The van der Waals surface area contributed by atoms with Gasteiger partial charge in [-0.15, -0.1) is 0 Å². The van der Waals surface area contributed by atoms with E-state index in [4.69, 9.17) is 10.5 Å². The zero-order chi connectivity index (χ0) is 13.8. The molecule has 2 unspecified atom stereocenters. The van der Waals surface area contributed by atoms with Crippen molar-refractivity contribution >= 4 is 5.91 Å². The van der Waals surface area contributed by atoms with Gasteiger partial charge in [0.2, 0.25) is 5.91 Å². The Morgan fingerprint density at radius 1 is 1.42 bits per heavy atom. The molecule has 0 saturated heterocycles. The van der Waals surface area contributed by atoms with Gasteiger partial charge in [0.25, 0.3) is 0 Å². The minimum Gasteiger partial charge on any atom is -0.383 e. The van der Waals surface area contributed by atoms with E-state index in [1.807, 2.05) is 0 Å². The molecular formula is C15H22N2O2. The third kappa shape index (κ3) is 3.78. The summed E-state index contributed by atoms with van der Waals surface area (Å²) in [5.74, 6) is 0.403. The topological polar surface area (TPSA) is 64.3 Å². The molecule has 1 fully saturated rings. The number of methoxy groups -OCH3 is 1. The van der Waals surface area contributed by atoms with E-state index >= 15 is 0 Å². The van der Waals surface area contributed by atoms with Gasteiger partial charge in [-0.3, -0.25) is 4.79 Å². The van der Waals surface area contributed by atoms with Crippen LogP contribution in [0, 0.1) is 12.8 Å². The normalized spacial score (nSPS) is 17.8. The van der Waals surface area contributed by atoms with Crippen molar-refractivity contribution in [3.63, 3.8) is 0 Å². The molecule has 0 bridgehead atoms. The van der Waals surface area contributed by atoms with Gasteiger partial charge in [-0.2, -0.15) is 0 Å². The predicted octanol–water partition coefficient (Wildman–Crippen LogP) is 1.54. The number of amides is 1. The molecule has 1 aromatic rings. The highest BCUT2D eigenvalue weighted by atomic mass is 16.5. The minimum atomic E-state index is -0.600. The van der Waals surface area contributed by atoms with E-state index < -0.39 is 6.04 Å². The molecule has 104 valence electrons. The molecule has 1 aromatic carbocycles. The first-order valence-electron chi connectivity index (χ1n) is 6.73. The number of ether oxygens (including phenoxy) is 1. The van der Waals surface area contributed by atoms with Gasteiger partial charge in [-0.1, -0.05) is 29.8 Å². The summed E-state index contributed by atoms with van der Waals surface area (Å²) >= 11 is 0. The highest BCUT2D eigenvalue weighted by molar-refractivity contribution is 5.82. The maximum atomic E-state index is 12.0. The van der Waals surface area contributed by atoms with Gasteiger partial charge in [-0.25, -0.2) is 0 Å². The van der Waals surface area contributed by atoms with Crippen molar-refractivity contribution in [3.05, 3.63) is 35.4 Å².